The minimum atomic E-state index is -3.07. The maximum atomic E-state index is 11.6. The molecule has 1 aromatic rings. The second-order valence-electron chi connectivity index (χ2n) is 4.42. The molecule has 0 radical (unpaired) electrons. The molecule has 0 saturated carbocycles. The Morgan fingerprint density at radius 2 is 2.06 bits per heavy atom. The Hall–Kier alpha value is -0.460. The van der Waals surface area contributed by atoms with Crippen LogP contribution in [0, 0.1) is 0 Å². The van der Waals surface area contributed by atoms with E-state index in [2.05, 4.69) is 24.1 Å². The van der Waals surface area contributed by atoms with Gasteiger partial charge in [-0.1, -0.05) is 20.3 Å². The van der Waals surface area contributed by atoms with Crippen molar-refractivity contribution < 1.29 is 8.42 Å². The molecule has 1 rings (SSSR count). The number of hydrogen-bond donors (Lipinski definition) is 1. The molecule has 1 unspecified atom stereocenters. The van der Waals surface area contributed by atoms with E-state index < -0.39 is 15.1 Å². The van der Waals surface area contributed by atoms with E-state index in [1.807, 2.05) is 0 Å². The van der Waals surface area contributed by atoms with E-state index in [1.54, 1.807) is 6.92 Å². The summed E-state index contributed by atoms with van der Waals surface area (Å²) in [5.74, 6) is 0. The number of sulfone groups is 1. The highest BCUT2D eigenvalue weighted by Gasteiger charge is 2.22. The Balaban J connectivity index is 3.01. The first-order valence-electron chi connectivity index (χ1n) is 6.28. The average Bonchev–Trinajstić information content (AvgIpc) is 2.68. The summed E-state index contributed by atoms with van der Waals surface area (Å²) >= 11 is 1.52. The van der Waals surface area contributed by atoms with Crippen LogP contribution in [0.25, 0.3) is 0 Å². The van der Waals surface area contributed by atoms with Gasteiger partial charge in [-0.2, -0.15) is 0 Å². The highest BCUT2D eigenvalue weighted by Crippen LogP contribution is 2.29. The van der Waals surface area contributed by atoms with Gasteiger partial charge >= 0.3 is 0 Å². The Labute approximate surface area is 114 Å². The first-order valence-corrected chi connectivity index (χ1v) is 9.05. The van der Waals surface area contributed by atoms with E-state index in [4.69, 9.17) is 0 Å². The molecule has 0 aliphatic rings. The summed E-state index contributed by atoms with van der Waals surface area (Å²) in [5.41, 5.74) is 1.05. The normalized spacial score (nSPS) is 13.8. The van der Waals surface area contributed by atoms with Crippen LogP contribution in [0.3, 0.4) is 0 Å². The molecule has 1 aromatic heterocycles. The van der Waals surface area contributed by atoms with Gasteiger partial charge in [0, 0.05) is 17.7 Å². The summed E-state index contributed by atoms with van der Waals surface area (Å²) in [6.07, 6.45) is 3.20. The quantitative estimate of drug-likeness (QED) is 0.837. The summed E-state index contributed by atoms with van der Waals surface area (Å²) in [5, 5.41) is 3.49. The zero-order valence-corrected chi connectivity index (χ0v) is 13.1. The molecule has 0 spiro atoms. The lowest BCUT2D eigenvalue weighted by Crippen LogP contribution is -2.11. The first-order chi connectivity index (χ1) is 8.40. The van der Waals surface area contributed by atoms with Gasteiger partial charge in [0.05, 0.1) is 5.69 Å². The van der Waals surface area contributed by atoms with Gasteiger partial charge < -0.3 is 5.32 Å². The molecule has 0 bridgehead atoms. The van der Waals surface area contributed by atoms with Crippen molar-refractivity contribution in [2.24, 2.45) is 0 Å². The minimum absolute atomic E-state index is 0.506. The predicted octanol–water partition coefficient (Wildman–Crippen LogP) is 2.31. The van der Waals surface area contributed by atoms with Crippen LogP contribution in [0.15, 0.2) is 0 Å². The highest BCUT2D eigenvalue weighted by atomic mass is 32.2. The Morgan fingerprint density at radius 3 is 2.56 bits per heavy atom. The molecule has 18 heavy (non-hydrogen) atoms. The van der Waals surface area contributed by atoms with Crippen molar-refractivity contribution in [3.8, 4) is 0 Å². The van der Waals surface area contributed by atoms with E-state index in [0.717, 1.165) is 31.6 Å². The lowest BCUT2D eigenvalue weighted by Gasteiger charge is -2.04. The molecule has 4 nitrogen and oxygen atoms in total. The van der Waals surface area contributed by atoms with Crippen LogP contribution >= 0.6 is 11.3 Å². The van der Waals surface area contributed by atoms with Crippen LogP contribution in [0.1, 0.15) is 48.0 Å². The van der Waals surface area contributed by atoms with Gasteiger partial charge in [-0.05, 0) is 19.9 Å². The molecule has 104 valence electrons. The second kappa shape index (κ2) is 6.63. The third-order valence-electron chi connectivity index (χ3n) is 2.81. The molecular weight excluding hydrogens is 268 g/mol. The van der Waals surface area contributed by atoms with Crippen LogP contribution in [0.2, 0.25) is 0 Å². The van der Waals surface area contributed by atoms with E-state index >= 15 is 0 Å². The highest BCUT2D eigenvalue weighted by molar-refractivity contribution is 7.91. The molecule has 1 atom stereocenters. The second-order valence-corrected chi connectivity index (χ2v) is 7.91. The van der Waals surface area contributed by atoms with Crippen LogP contribution in [-0.2, 0) is 22.8 Å². The van der Waals surface area contributed by atoms with Gasteiger partial charge in [-0.3, -0.25) is 0 Å². The third kappa shape index (κ3) is 4.03. The number of nitrogens with one attached hydrogen (secondary N) is 1. The number of thiazole rings is 1. The molecule has 0 aromatic carbocycles. The maximum absolute atomic E-state index is 11.6. The first kappa shape index (κ1) is 15.6. The molecular formula is C12H22N2O2S2. The molecule has 0 amide bonds. The van der Waals surface area contributed by atoms with Crippen molar-refractivity contribution in [3.63, 3.8) is 0 Å². The molecule has 1 heterocycles. The molecule has 1 N–H and O–H groups in total. The van der Waals surface area contributed by atoms with Crippen molar-refractivity contribution >= 4 is 21.2 Å². The molecule has 6 heteroatoms. The minimum Gasteiger partial charge on any atom is -0.312 e. The van der Waals surface area contributed by atoms with Gasteiger partial charge in [0.2, 0.25) is 0 Å². The van der Waals surface area contributed by atoms with Crippen molar-refractivity contribution in [2.45, 2.75) is 45.4 Å². The van der Waals surface area contributed by atoms with Crippen molar-refractivity contribution in [1.82, 2.24) is 10.3 Å². The number of nitrogens with zero attached hydrogens (tertiary/aromatic N) is 1. The van der Waals surface area contributed by atoms with Gasteiger partial charge in [0.15, 0.2) is 9.84 Å². The van der Waals surface area contributed by atoms with Gasteiger partial charge in [-0.25, -0.2) is 13.4 Å². The fraction of sp³-hybridized carbons (Fsp3) is 0.750. The topological polar surface area (TPSA) is 59.1 Å². The summed E-state index contributed by atoms with van der Waals surface area (Å²) in [6, 6.07) is 0. The average molecular weight is 290 g/mol. The summed E-state index contributed by atoms with van der Waals surface area (Å²) < 4.78 is 23.2. The predicted molar refractivity (Wildman–Crippen MR) is 76.7 cm³/mol. The third-order valence-corrected chi connectivity index (χ3v) is 5.74. The van der Waals surface area contributed by atoms with Gasteiger partial charge in [-0.15, -0.1) is 11.3 Å². The van der Waals surface area contributed by atoms with Crippen LogP contribution in [-0.4, -0.2) is 26.2 Å². The van der Waals surface area contributed by atoms with Crippen LogP contribution in [0.5, 0.6) is 0 Å². The Bertz CT molecular complexity index is 480. The molecule has 0 aliphatic heterocycles. The van der Waals surface area contributed by atoms with Crippen LogP contribution in [0.4, 0.5) is 0 Å². The lowest BCUT2D eigenvalue weighted by molar-refractivity contribution is 0.592. The van der Waals surface area contributed by atoms with Crippen molar-refractivity contribution in [2.75, 3.05) is 12.8 Å². The molecule has 0 fully saturated rings. The van der Waals surface area contributed by atoms with E-state index in [-0.39, 0.29) is 0 Å². The van der Waals surface area contributed by atoms with Crippen molar-refractivity contribution in [3.05, 3.63) is 15.6 Å². The SMILES string of the molecule is CCCc1nc(C(C)S(C)(=O)=O)sc1CNCC. The van der Waals surface area contributed by atoms with E-state index in [9.17, 15) is 8.42 Å². The number of aryl methyl sites for hydroxylation is 1. The Kier molecular flexibility index (Phi) is 5.75. The number of rotatable bonds is 7. The fourth-order valence-corrected chi connectivity index (χ4v) is 3.67. The molecule has 0 saturated heterocycles. The van der Waals surface area contributed by atoms with Crippen LogP contribution < -0.4 is 5.32 Å². The van der Waals surface area contributed by atoms with Crippen molar-refractivity contribution in [1.29, 1.82) is 0 Å². The van der Waals surface area contributed by atoms with Gasteiger partial charge in [0.1, 0.15) is 10.3 Å². The molecule has 0 aliphatic carbocycles. The zero-order valence-electron chi connectivity index (χ0n) is 11.5. The Morgan fingerprint density at radius 1 is 1.39 bits per heavy atom. The largest absolute Gasteiger partial charge is 0.312 e. The van der Waals surface area contributed by atoms with E-state index in [0.29, 0.717) is 5.01 Å². The maximum Gasteiger partial charge on any atom is 0.156 e. The van der Waals surface area contributed by atoms with E-state index in [1.165, 1.54) is 22.5 Å². The lowest BCUT2D eigenvalue weighted by atomic mass is 10.2. The monoisotopic (exact) mass is 290 g/mol. The van der Waals surface area contributed by atoms with Gasteiger partial charge in [0.25, 0.3) is 0 Å². The number of hydrogen-bond acceptors (Lipinski definition) is 5. The fourth-order valence-electron chi connectivity index (χ4n) is 1.57. The smallest absolute Gasteiger partial charge is 0.156 e. The standard InChI is InChI=1S/C12H22N2O2S2/c1-5-7-10-11(8-13-6-2)17-12(14-10)9(3)18(4,15)16/h9,13H,5-8H2,1-4H3. The zero-order chi connectivity index (χ0) is 13.8. The summed E-state index contributed by atoms with van der Waals surface area (Å²) in [6.45, 7) is 7.55. The summed E-state index contributed by atoms with van der Waals surface area (Å²) in [7, 11) is -3.07. The summed E-state index contributed by atoms with van der Waals surface area (Å²) in [4.78, 5) is 5.69. The number of aromatic nitrogens is 1.